The fraction of sp³-hybridized carbons (Fsp3) is 0.304. The summed E-state index contributed by atoms with van der Waals surface area (Å²) in [5, 5.41) is 2.78. The zero-order valence-electron chi connectivity index (χ0n) is 16.0. The first-order valence-electron chi connectivity index (χ1n) is 10.0. The molecule has 0 unspecified atom stereocenters. The molecule has 2 amide bonds. The minimum atomic E-state index is 0.00388. The van der Waals surface area contributed by atoms with Crippen molar-refractivity contribution in [2.75, 3.05) is 18.4 Å². The monoisotopic (exact) mass is 386 g/mol. The smallest absolute Gasteiger partial charge is 0.246 e. The molecule has 4 heterocycles. The van der Waals surface area contributed by atoms with E-state index in [1.165, 1.54) is 11.1 Å². The van der Waals surface area contributed by atoms with E-state index in [0.717, 1.165) is 30.6 Å². The van der Waals surface area contributed by atoms with Gasteiger partial charge in [-0.2, -0.15) is 0 Å². The van der Waals surface area contributed by atoms with E-state index in [2.05, 4.69) is 33.5 Å². The molecule has 29 heavy (non-hydrogen) atoms. The van der Waals surface area contributed by atoms with Crippen LogP contribution in [0.2, 0.25) is 0 Å². The molecule has 2 aromatic heterocycles. The lowest BCUT2D eigenvalue weighted by molar-refractivity contribution is -0.125. The largest absolute Gasteiger partial charge is 0.338 e. The van der Waals surface area contributed by atoms with Crippen molar-refractivity contribution in [3.05, 3.63) is 65.6 Å². The Balaban J connectivity index is 1.23. The molecule has 1 N–H and O–H groups in total. The summed E-state index contributed by atoms with van der Waals surface area (Å²) in [4.78, 5) is 34.4. The molecule has 2 atom stereocenters. The molecule has 6 nitrogen and oxygen atoms in total. The summed E-state index contributed by atoms with van der Waals surface area (Å²) < 4.78 is 0. The molecule has 5 rings (SSSR count). The molecule has 0 bridgehead atoms. The van der Waals surface area contributed by atoms with Crippen molar-refractivity contribution in [1.82, 2.24) is 14.9 Å². The number of aromatic nitrogens is 2. The fourth-order valence-electron chi connectivity index (χ4n) is 4.51. The van der Waals surface area contributed by atoms with E-state index in [0.29, 0.717) is 30.5 Å². The molecule has 1 aliphatic carbocycles. The Morgan fingerprint density at radius 2 is 2.07 bits per heavy atom. The number of nitrogens with zero attached hydrogens (tertiary/aromatic N) is 3. The van der Waals surface area contributed by atoms with Gasteiger partial charge in [-0.1, -0.05) is 6.08 Å². The lowest BCUT2D eigenvalue weighted by atomic mass is 9.99. The van der Waals surface area contributed by atoms with Gasteiger partial charge in [-0.15, -0.1) is 0 Å². The van der Waals surface area contributed by atoms with Crippen molar-refractivity contribution >= 4 is 29.3 Å². The maximum atomic E-state index is 12.7. The summed E-state index contributed by atoms with van der Waals surface area (Å²) in [6, 6.07) is 6.10. The average molecular weight is 386 g/mol. The van der Waals surface area contributed by atoms with Crippen LogP contribution in [0.4, 0.5) is 5.82 Å². The highest BCUT2D eigenvalue weighted by Gasteiger charge is 2.37. The fourth-order valence-corrected chi connectivity index (χ4v) is 4.51. The first-order chi connectivity index (χ1) is 14.2. The van der Waals surface area contributed by atoms with Crippen LogP contribution in [0, 0.1) is 11.8 Å². The molecule has 3 aliphatic rings. The van der Waals surface area contributed by atoms with Crippen LogP contribution in [0.3, 0.4) is 0 Å². The minimum absolute atomic E-state index is 0.00388. The van der Waals surface area contributed by atoms with Gasteiger partial charge in [0.2, 0.25) is 11.8 Å². The van der Waals surface area contributed by atoms with Gasteiger partial charge in [0.1, 0.15) is 5.82 Å². The van der Waals surface area contributed by atoms with Gasteiger partial charge < -0.3 is 10.2 Å². The first-order valence-corrected chi connectivity index (χ1v) is 10.0. The molecule has 1 fully saturated rings. The number of aryl methyl sites for hydroxylation is 1. The molecule has 2 aliphatic heterocycles. The third-order valence-electron chi connectivity index (χ3n) is 6.04. The zero-order chi connectivity index (χ0) is 19.8. The van der Waals surface area contributed by atoms with Gasteiger partial charge in [-0.05, 0) is 71.2 Å². The third kappa shape index (κ3) is 3.58. The van der Waals surface area contributed by atoms with Crippen molar-refractivity contribution in [3.8, 4) is 0 Å². The Morgan fingerprint density at radius 1 is 1.21 bits per heavy atom. The average Bonchev–Trinajstić information content (AvgIpc) is 3.32. The van der Waals surface area contributed by atoms with Crippen LogP contribution in [0.1, 0.15) is 29.5 Å². The van der Waals surface area contributed by atoms with Crippen LogP contribution < -0.4 is 5.32 Å². The van der Waals surface area contributed by atoms with Gasteiger partial charge in [-0.25, -0.2) is 4.98 Å². The number of pyridine rings is 2. The highest BCUT2D eigenvalue weighted by molar-refractivity contribution is 5.94. The maximum Gasteiger partial charge on any atom is 0.246 e. The SMILES string of the molecule is O=C1CCc2cc(/C=C/C(=O)N3C[C@H]4CC(c5ccncc5)=C[C@H]4C3)cnc2N1. The number of carbonyl (C=O) groups excluding carboxylic acids is 2. The number of rotatable bonds is 3. The van der Waals surface area contributed by atoms with E-state index in [4.69, 9.17) is 0 Å². The molecule has 0 radical (unpaired) electrons. The standard InChI is InChI=1S/C23H22N4O2/c28-21-3-2-17-9-15(12-25-23(17)26-21)1-4-22(29)27-13-19-10-18(11-20(19)14-27)16-5-7-24-8-6-16/h1,4-10,12,19-20H,2-3,11,13-14H2,(H,25,26,28)/b4-1+/t19-,20+/m0/s1. The molecule has 2 aromatic rings. The molecule has 6 heteroatoms. The van der Waals surface area contributed by atoms with Crippen LogP contribution in [-0.2, 0) is 16.0 Å². The quantitative estimate of drug-likeness (QED) is 0.823. The summed E-state index contributed by atoms with van der Waals surface area (Å²) in [6.07, 6.45) is 13.3. The number of allylic oxidation sites excluding steroid dienone is 1. The van der Waals surface area contributed by atoms with E-state index in [1.54, 1.807) is 12.3 Å². The Kier molecular flexibility index (Phi) is 4.46. The van der Waals surface area contributed by atoms with E-state index in [1.807, 2.05) is 29.4 Å². The van der Waals surface area contributed by atoms with E-state index in [9.17, 15) is 9.59 Å². The lowest BCUT2D eigenvalue weighted by Crippen LogP contribution is -2.27. The first kappa shape index (κ1) is 17.8. The number of hydrogen-bond acceptors (Lipinski definition) is 4. The number of anilines is 1. The van der Waals surface area contributed by atoms with Crippen molar-refractivity contribution in [3.63, 3.8) is 0 Å². The molecule has 146 valence electrons. The van der Waals surface area contributed by atoms with Crippen LogP contribution in [-0.4, -0.2) is 39.8 Å². The molecule has 0 saturated carbocycles. The third-order valence-corrected chi connectivity index (χ3v) is 6.04. The number of nitrogens with one attached hydrogen (secondary N) is 1. The summed E-state index contributed by atoms with van der Waals surface area (Å²) in [5.74, 6) is 1.62. The number of fused-ring (bicyclic) bond motifs is 2. The molecular weight excluding hydrogens is 364 g/mol. The Hall–Kier alpha value is -3.28. The Labute approximate surface area is 169 Å². The molecule has 1 saturated heterocycles. The van der Waals surface area contributed by atoms with E-state index >= 15 is 0 Å². The van der Waals surface area contributed by atoms with Gasteiger partial charge in [0.05, 0.1) is 0 Å². The van der Waals surface area contributed by atoms with Crippen molar-refractivity contribution in [1.29, 1.82) is 0 Å². The van der Waals surface area contributed by atoms with Crippen molar-refractivity contribution in [2.45, 2.75) is 19.3 Å². The van der Waals surface area contributed by atoms with Crippen LogP contribution in [0.15, 0.2) is 48.9 Å². The lowest BCUT2D eigenvalue weighted by Gasteiger charge is -2.16. The number of carbonyl (C=O) groups is 2. The van der Waals surface area contributed by atoms with Gasteiger partial charge in [-0.3, -0.25) is 14.6 Å². The van der Waals surface area contributed by atoms with Crippen molar-refractivity contribution in [2.24, 2.45) is 11.8 Å². The summed E-state index contributed by atoms with van der Waals surface area (Å²) >= 11 is 0. The minimum Gasteiger partial charge on any atom is -0.338 e. The van der Waals surface area contributed by atoms with Gasteiger partial charge in [0.25, 0.3) is 0 Å². The van der Waals surface area contributed by atoms with Crippen LogP contribution in [0.5, 0.6) is 0 Å². The van der Waals surface area contributed by atoms with Gasteiger partial charge in [0, 0.05) is 44.2 Å². The topological polar surface area (TPSA) is 75.2 Å². The normalized spacial score (nSPS) is 23.0. The second kappa shape index (κ2) is 7.28. The molecule has 0 aromatic carbocycles. The number of hydrogen-bond donors (Lipinski definition) is 1. The summed E-state index contributed by atoms with van der Waals surface area (Å²) in [6.45, 7) is 1.57. The second-order valence-corrected chi connectivity index (χ2v) is 7.96. The predicted octanol–water partition coefficient (Wildman–Crippen LogP) is 2.94. The zero-order valence-corrected chi connectivity index (χ0v) is 16.0. The number of amides is 2. The van der Waals surface area contributed by atoms with Gasteiger partial charge >= 0.3 is 0 Å². The van der Waals surface area contributed by atoms with Gasteiger partial charge in [0.15, 0.2) is 0 Å². The Bertz CT molecular complexity index is 1030. The predicted molar refractivity (Wildman–Crippen MR) is 111 cm³/mol. The van der Waals surface area contributed by atoms with Crippen molar-refractivity contribution < 1.29 is 9.59 Å². The van der Waals surface area contributed by atoms with E-state index < -0.39 is 0 Å². The second-order valence-electron chi connectivity index (χ2n) is 7.96. The maximum absolute atomic E-state index is 12.7. The van der Waals surface area contributed by atoms with Crippen LogP contribution >= 0.6 is 0 Å². The van der Waals surface area contributed by atoms with E-state index in [-0.39, 0.29) is 11.8 Å². The molecular formula is C23H22N4O2. The highest BCUT2D eigenvalue weighted by atomic mass is 16.2. The highest BCUT2D eigenvalue weighted by Crippen LogP contribution is 2.40. The summed E-state index contributed by atoms with van der Waals surface area (Å²) in [7, 11) is 0. The van der Waals surface area contributed by atoms with Crippen LogP contribution in [0.25, 0.3) is 11.6 Å². The number of likely N-dealkylation sites (tertiary alicyclic amines) is 1. The Morgan fingerprint density at radius 3 is 2.90 bits per heavy atom. The molecule has 0 spiro atoms. The summed E-state index contributed by atoms with van der Waals surface area (Å²) in [5.41, 5.74) is 4.51.